The second-order valence-corrected chi connectivity index (χ2v) is 8.18. The Morgan fingerprint density at radius 2 is 1.90 bits per heavy atom. The Morgan fingerprint density at radius 3 is 2.45 bits per heavy atom. The average molecular weight is 303 g/mol. The van der Waals surface area contributed by atoms with E-state index in [1.54, 1.807) is 11.4 Å². The molecule has 6 heteroatoms. The highest BCUT2D eigenvalue weighted by atomic mass is 32.2. The van der Waals surface area contributed by atoms with E-state index in [1.165, 1.54) is 6.42 Å². The number of sulfonamides is 1. The van der Waals surface area contributed by atoms with Crippen LogP contribution in [0.2, 0.25) is 0 Å². The zero-order valence-electron chi connectivity index (χ0n) is 12.8. The Hall–Kier alpha value is -0.170. The number of likely N-dealkylation sites (tertiary alicyclic amines) is 1. The summed E-state index contributed by atoms with van der Waals surface area (Å²) in [6.07, 6.45) is 5.22. The zero-order valence-corrected chi connectivity index (χ0v) is 13.7. The summed E-state index contributed by atoms with van der Waals surface area (Å²) in [6, 6.07) is 0.332. The maximum Gasteiger partial charge on any atom is 0.215 e. The van der Waals surface area contributed by atoms with Crippen LogP contribution in [0.3, 0.4) is 0 Å². The summed E-state index contributed by atoms with van der Waals surface area (Å²) in [5, 5.41) is 3.34. The first-order valence-corrected chi connectivity index (χ1v) is 9.55. The van der Waals surface area contributed by atoms with Crippen LogP contribution in [0.4, 0.5) is 0 Å². The molecule has 0 aromatic carbocycles. The Labute approximate surface area is 123 Å². The van der Waals surface area contributed by atoms with Gasteiger partial charge in [-0.1, -0.05) is 13.3 Å². The summed E-state index contributed by atoms with van der Waals surface area (Å²) in [5.41, 5.74) is 0. The molecule has 2 aliphatic heterocycles. The summed E-state index contributed by atoms with van der Waals surface area (Å²) in [7, 11) is -1.36. The van der Waals surface area contributed by atoms with Crippen LogP contribution in [-0.4, -0.2) is 68.7 Å². The van der Waals surface area contributed by atoms with Crippen LogP contribution in [0.15, 0.2) is 0 Å². The van der Waals surface area contributed by atoms with Crippen LogP contribution in [0.5, 0.6) is 0 Å². The summed E-state index contributed by atoms with van der Waals surface area (Å²) in [4.78, 5) is 2.39. The van der Waals surface area contributed by atoms with Gasteiger partial charge in [0.25, 0.3) is 0 Å². The molecule has 2 fully saturated rings. The summed E-state index contributed by atoms with van der Waals surface area (Å²) in [6.45, 7) is 6.22. The molecule has 0 aromatic rings. The lowest BCUT2D eigenvalue weighted by Gasteiger charge is -2.36. The molecule has 118 valence electrons. The maximum atomic E-state index is 12.5. The Morgan fingerprint density at radius 1 is 1.20 bits per heavy atom. The van der Waals surface area contributed by atoms with Crippen molar-refractivity contribution in [2.24, 2.45) is 0 Å². The minimum atomic E-state index is -3.13. The fraction of sp³-hybridized carbons (Fsp3) is 1.00. The standard InChI is InChI=1S/C14H29N3O2S/c1-3-17-10-7-14(8-11-17)16(2)20(18,19)12-13-6-4-5-9-15-13/h13-15H,3-12H2,1-2H3. The molecule has 0 amide bonds. The molecule has 0 saturated carbocycles. The number of nitrogens with one attached hydrogen (secondary N) is 1. The molecule has 0 bridgehead atoms. The third kappa shape index (κ3) is 4.16. The van der Waals surface area contributed by atoms with E-state index in [0.29, 0.717) is 0 Å². The number of piperidine rings is 2. The van der Waals surface area contributed by atoms with Crippen LogP contribution < -0.4 is 5.32 Å². The number of hydrogen-bond acceptors (Lipinski definition) is 4. The highest BCUT2D eigenvalue weighted by Gasteiger charge is 2.31. The zero-order chi connectivity index (χ0) is 14.6. The van der Waals surface area contributed by atoms with Gasteiger partial charge >= 0.3 is 0 Å². The third-order valence-corrected chi connectivity index (χ3v) is 6.78. The fourth-order valence-corrected chi connectivity index (χ4v) is 4.96. The maximum absolute atomic E-state index is 12.5. The van der Waals surface area contributed by atoms with Gasteiger partial charge in [-0.25, -0.2) is 12.7 Å². The fourth-order valence-electron chi connectivity index (χ4n) is 3.26. The van der Waals surface area contributed by atoms with E-state index in [0.717, 1.165) is 51.9 Å². The highest BCUT2D eigenvalue weighted by molar-refractivity contribution is 7.89. The van der Waals surface area contributed by atoms with Crippen molar-refractivity contribution >= 4 is 10.0 Å². The van der Waals surface area contributed by atoms with Gasteiger partial charge in [-0.05, 0) is 51.9 Å². The summed E-state index contributed by atoms with van der Waals surface area (Å²) in [5.74, 6) is 0.261. The van der Waals surface area contributed by atoms with Gasteiger partial charge in [0, 0.05) is 19.1 Å². The van der Waals surface area contributed by atoms with Crippen LogP contribution in [-0.2, 0) is 10.0 Å². The van der Waals surface area contributed by atoms with Crippen LogP contribution in [0.1, 0.15) is 39.0 Å². The topological polar surface area (TPSA) is 52.7 Å². The predicted molar refractivity (Wildman–Crippen MR) is 82.3 cm³/mol. The average Bonchev–Trinajstić information content (AvgIpc) is 2.47. The van der Waals surface area contributed by atoms with Crippen molar-refractivity contribution in [2.45, 2.75) is 51.1 Å². The predicted octanol–water partition coefficient (Wildman–Crippen LogP) is 0.874. The second kappa shape index (κ2) is 7.20. The van der Waals surface area contributed by atoms with E-state index < -0.39 is 10.0 Å². The molecule has 1 N–H and O–H groups in total. The van der Waals surface area contributed by atoms with Crippen molar-refractivity contribution in [2.75, 3.05) is 39.0 Å². The summed E-state index contributed by atoms with van der Waals surface area (Å²) >= 11 is 0. The van der Waals surface area contributed by atoms with Gasteiger partial charge in [-0.15, -0.1) is 0 Å². The molecule has 20 heavy (non-hydrogen) atoms. The molecule has 2 saturated heterocycles. The minimum Gasteiger partial charge on any atom is -0.313 e. The van der Waals surface area contributed by atoms with Crippen molar-refractivity contribution in [1.82, 2.24) is 14.5 Å². The van der Waals surface area contributed by atoms with Gasteiger partial charge in [-0.3, -0.25) is 0 Å². The van der Waals surface area contributed by atoms with Crippen molar-refractivity contribution in [1.29, 1.82) is 0 Å². The molecule has 0 aliphatic carbocycles. The molecular formula is C14H29N3O2S. The monoisotopic (exact) mass is 303 g/mol. The van der Waals surface area contributed by atoms with Crippen molar-refractivity contribution in [3.8, 4) is 0 Å². The molecule has 2 aliphatic rings. The Kier molecular flexibility index (Phi) is 5.84. The highest BCUT2D eigenvalue weighted by Crippen LogP contribution is 2.19. The van der Waals surface area contributed by atoms with Crippen LogP contribution in [0, 0.1) is 0 Å². The molecule has 2 rings (SSSR count). The van der Waals surface area contributed by atoms with E-state index in [2.05, 4.69) is 17.1 Å². The van der Waals surface area contributed by atoms with Crippen molar-refractivity contribution in [3.63, 3.8) is 0 Å². The van der Waals surface area contributed by atoms with Gasteiger partial charge in [0.15, 0.2) is 0 Å². The van der Waals surface area contributed by atoms with Crippen molar-refractivity contribution in [3.05, 3.63) is 0 Å². The Bertz CT molecular complexity index is 385. The SMILES string of the molecule is CCN1CCC(N(C)S(=O)(=O)CC2CCCCN2)CC1. The number of hydrogen-bond donors (Lipinski definition) is 1. The number of rotatable bonds is 5. The third-order valence-electron chi connectivity index (χ3n) is 4.78. The van der Waals surface area contributed by atoms with E-state index in [-0.39, 0.29) is 17.8 Å². The first-order chi connectivity index (χ1) is 9.53. The normalized spacial score (nSPS) is 27.1. The van der Waals surface area contributed by atoms with E-state index in [4.69, 9.17) is 0 Å². The second-order valence-electron chi connectivity index (χ2n) is 6.11. The van der Waals surface area contributed by atoms with E-state index in [1.807, 2.05) is 0 Å². The Balaban J connectivity index is 1.88. The van der Waals surface area contributed by atoms with E-state index in [9.17, 15) is 8.42 Å². The van der Waals surface area contributed by atoms with Gasteiger partial charge in [-0.2, -0.15) is 0 Å². The lowest BCUT2D eigenvalue weighted by Crippen LogP contribution is -2.49. The summed E-state index contributed by atoms with van der Waals surface area (Å²) < 4.78 is 26.7. The van der Waals surface area contributed by atoms with Crippen molar-refractivity contribution < 1.29 is 8.42 Å². The number of nitrogens with zero attached hydrogens (tertiary/aromatic N) is 2. The minimum absolute atomic E-state index is 0.145. The van der Waals surface area contributed by atoms with E-state index >= 15 is 0 Å². The molecule has 1 unspecified atom stereocenters. The molecule has 1 atom stereocenters. The van der Waals surface area contributed by atoms with Gasteiger partial charge in [0.05, 0.1) is 5.75 Å². The smallest absolute Gasteiger partial charge is 0.215 e. The largest absolute Gasteiger partial charge is 0.313 e. The molecule has 5 nitrogen and oxygen atoms in total. The van der Waals surface area contributed by atoms with Gasteiger partial charge < -0.3 is 10.2 Å². The lowest BCUT2D eigenvalue weighted by atomic mass is 10.1. The molecule has 0 spiro atoms. The molecular weight excluding hydrogens is 274 g/mol. The van der Waals surface area contributed by atoms with Crippen LogP contribution >= 0.6 is 0 Å². The first-order valence-electron chi connectivity index (χ1n) is 7.94. The van der Waals surface area contributed by atoms with Gasteiger partial charge in [0.2, 0.25) is 10.0 Å². The molecule has 2 heterocycles. The lowest BCUT2D eigenvalue weighted by molar-refractivity contribution is 0.176. The molecule has 0 aromatic heterocycles. The molecule has 0 radical (unpaired) electrons. The van der Waals surface area contributed by atoms with Gasteiger partial charge in [0.1, 0.15) is 0 Å². The first kappa shape index (κ1) is 16.2. The quantitative estimate of drug-likeness (QED) is 0.819. The van der Waals surface area contributed by atoms with Crippen LogP contribution in [0.25, 0.3) is 0 Å².